The topological polar surface area (TPSA) is 60.2 Å². The molecule has 6 heteroatoms. The molecular formula is C15H26N4O2. The Morgan fingerprint density at radius 3 is 2.67 bits per heavy atom. The van der Waals surface area contributed by atoms with E-state index in [-0.39, 0.29) is 12.0 Å². The molecule has 0 saturated heterocycles. The van der Waals surface area contributed by atoms with Gasteiger partial charge in [-0.15, -0.1) is 0 Å². The Hall–Kier alpha value is -1.43. The summed E-state index contributed by atoms with van der Waals surface area (Å²) in [5, 5.41) is 4.01. The number of ether oxygens (including phenoxy) is 1. The molecule has 118 valence electrons. The quantitative estimate of drug-likeness (QED) is 0.778. The van der Waals surface area contributed by atoms with Gasteiger partial charge in [-0.25, -0.2) is 4.98 Å². The average molecular weight is 294 g/mol. The number of aromatic nitrogens is 3. The van der Waals surface area contributed by atoms with E-state index in [9.17, 15) is 4.79 Å². The molecule has 1 heterocycles. The lowest BCUT2D eigenvalue weighted by Crippen LogP contribution is -2.38. The van der Waals surface area contributed by atoms with Gasteiger partial charge < -0.3 is 9.64 Å². The molecule has 1 atom stereocenters. The van der Waals surface area contributed by atoms with E-state index in [1.165, 1.54) is 32.0 Å². The van der Waals surface area contributed by atoms with Gasteiger partial charge in [-0.3, -0.25) is 9.48 Å². The first-order valence-corrected chi connectivity index (χ1v) is 7.81. The first kappa shape index (κ1) is 15.9. The van der Waals surface area contributed by atoms with E-state index >= 15 is 0 Å². The van der Waals surface area contributed by atoms with Crippen molar-refractivity contribution in [2.75, 3.05) is 7.05 Å². The highest BCUT2D eigenvalue weighted by Gasteiger charge is 2.23. The van der Waals surface area contributed by atoms with Crippen LogP contribution in [0, 0.1) is 0 Å². The van der Waals surface area contributed by atoms with Crippen molar-refractivity contribution >= 4 is 5.91 Å². The summed E-state index contributed by atoms with van der Waals surface area (Å²) in [6.07, 6.45) is 8.47. The predicted molar refractivity (Wildman–Crippen MR) is 79.5 cm³/mol. The largest absolute Gasteiger partial charge is 0.365 e. The average Bonchev–Trinajstić information content (AvgIpc) is 2.71. The Kier molecular flexibility index (Phi) is 5.73. The molecule has 0 radical (unpaired) electrons. The van der Waals surface area contributed by atoms with Crippen LogP contribution in [0.4, 0.5) is 0 Å². The van der Waals surface area contributed by atoms with Gasteiger partial charge in [-0.2, -0.15) is 5.10 Å². The van der Waals surface area contributed by atoms with Crippen molar-refractivity contribution in [2.24, 2.45) is 7.05 Å². The Morgan fingerprint density at radius 2 is 2.10 bits per heavy atom. The third kappa shape index (κ3) is 4.52. The maximum Gasteiger partial charge on any atom is 0.251 e. The van der Waals surface area contributed by atoms with Crippen LogP contribution >= 0.6 is 0 Å². The van der Waals surface area contributed by atoms with Crippen LogP contribution in [0.15, 0.2) is 6.33 Å². The molecule has 1 fully saturated rings. The predicted octanol–water partition coefficient (Wildman–Crippen LogP) is 1.90. The minimum atomic E-state index is -0.397. The highest BCUT2D eigenvalue weighted by atomic mass is 16.5. The molecule has 1 aromatic heterocycles. The van der Waals surface area contributed by atoms with Crippen LogP contribution in [0.3, 0.4) is 0 Å². The van der Waals surface area contributed by atoms with Gasteiger partial charge in [0.15, 0.2) is 0 Å². The molecule has 1 aromatic rings. The lowest BCUT2D eigenvalue weighted by molar-refractivity contribution is -0.146. The number of rotatable bonds is 5. The molecule has 2 rings (SSSR count). The zero-order valence-corrected chi connectivity index (χ0v) is 13.3. The standard InChI is InChI=1S/C15H26N4O2/c1-12(21-13-8-6-4-5-7-9-13)15(20)18(2)10-14-16-11-17-19(14)3/h11-13H,4-10H2,1-3H3/t12-/m0/s1. The number of likely N-dealkylation sites (N-methyl/N-ethyl adjacent to an activating group) is 1. The molecule has 1 amide bonds. The minimum absolute atomic E-state index is 0.00208. The summed E-state index contributed by atoms with van der Waals surface area (Å²) in [5.74, 6) is 0.773. The molecular weight excluding hydrogens is 268 g/mol. The summed E-state index contributed by atoms with van der Waals surface area (Å²) in [6.45, 7) is 2.30. The molecule has 6 nitrogen and oxygen atoms in total. The zero-order chi connectivity index (χ0) is 15.2. The SMILES string of the molecule is C[C@H](OC1CCCCCC1)C(=O)N(C)Cc1ncnn1C. The Morgan fingerprint density at radius 1 is 1.43 bits per heavy atom. The van der Waals surface area contributed by atoms with Crippen molar-refractivity contribution in [3.8, 4) is 0 Å². The summed E-state index contributed by atoms with van der Waals surface area (Å²) in [6, 6.07) is 0. The summed E-state index contributed by atoms with van der Waals surface area (Å²) in [7, 11) is 3.61. The van der Waals surface area contributed by atoms with Crippen LogP contribution in [0.25, 0.3) is 0 Å². The van der Waals surface area contributed by atoms with Gasteiger partial charge in [0.25, 0.3) is 5.91 Å². The fraction of sp³-hybridized carbons (Fsp3) is 0.800. The monoisotopic (exact) mass is 294 g/mol. The maximum absolute atomic E-state index is 12.4. The van der Waals surface area contributed by atoms with E-state index in [1.807, 2.05) is 14.0 Å². The third-order valence-corrected chi connectivity index (χ3v) is 4.11. The van der Waals surface area contributed by atoms with Crippen molar-refractivity contribution < 1.29 is 9.53 Å². The van der Waals surface area contributed by atoms with Crippen LogP contribution in [0.2, 0.25) is 0 Å². The lowest BCUT2D eigenvalue weighted by Gasteiger charge is -2.24. The number of carbonyl (C=O) groups is 1. The van der Waals surface area contributed by atoms with Gasteiger partial charge in [0.1, 0.15) is 18.3 Å². The summed E-state index contributed by atoms with van der Waals surface area (Å²) >= 11 is 0. The fourth-order valence-corrected chi connectivity index (χ4v) is 2.79. The van der Waals surface area contributed by atoms with Gasteiger partial charge >= 0.3 is 0 Å². The Balaban J connectivity index is 1.84. The number of carbonyl (C=O) groups excluding carboxylic acids is 1. The van der Waals surface area contributed by atoms with E-state index < -0.39 is 6.10 Å². The Labute approximate surface area is 126 Å². The fourth-order valence-electron chi connectivity index (χ4n) is 2.79. The Bertz CT molecular complexity index is 452. The highest BCUT2D eigenvalue weighted by Crippen LogP contribution is 2.21. The van der Waals surface area contributed by atoms with Crippen molar-refractivity contribution in [1.29, 1.82) is 0 Å². The molecule has 1 aliphatic rings. The van der Waals surface area contributed by atoms with Crippen LogP contribution in [-0.2, 0) is 23.1 Å². The normalized spacial score (nSPS) is 18.2. The smallest absolute Gasteiger partial charge is 0.251 e. The van der Waals surface area contributed by atoms with Gasteiger partial charge in [0, 0.05) is 14.1 Å². The van der Waals surface area contributed by atoms with E-state index in [2.05, 4.69) is 10.1 Å². The molecule has 0 spiro atoms. The van der Waals surface area contributed by atoms with Gasteiger partial charge in [0.05, 0.1) is 12.6 Å². The van der Waals surface area contributed by atoms with Crippen molar-refractivity contribution in [1.82, 2.24) is 19.7 Å². The van der Waals surface area contributed by atoms with Crippen molar-refractivity contribution in [3.05, 3.63) is 12.2 Å². The minimum Gasteiger partial charge on any atom is -0.365 e. The molecule has 0 bridgehead atoms. The second-order valence-corrected chi connectivity index (χ2v) is 5.89. The maximum atomic E-state index is 12.4. The summed E-state index contributed by atoms with van der Waals surface area (Å²) in [5.41, 5.74) is 0. The van der Waals surface area contributed by atoms with Crippen LogP contribution in [0.1, 0.15) is 51.3 Å². The number of hydrogen-bond donors (Lipinski definition) is 0. The molecule has 0 aromatic carbocycles. The highest BCUT2D eigenvalue weighted by molar-refractivity contribution is 5.80. The third-order valence-electron chi connectivity index (χ3n) is 4.11. The number of hydrogen-bond acceptors (Lipinski definition) is 4. The number of nitrogens with zero attached hydrogens (tertiary/aromatic N) is 4. The molecule has 1 aliphatic carbocycles. The first-order valence-electron chi connectivity index (χ1n) is 7.81. The van der Waals surface area contributed by atoms with E-state index in [1.54, 1.807) is 16.6 Å². The second-order valence-electron chi connectivity index (χ2n) is 5.89. The molecule has 21 heavy (non-hydrogen) atoms. The van der Waals surface area contributed by atoms with Crippen LogP contribution < -0.4 is 0 Å². The number of amides is 1. The molecule has 0 unspecified atom stereocenters. The first-order chi connectivity index (χ1) is 10.1. The van der Waals surface area contributed by atoms with Gasteiger partial charge in [0.2, 0.25) is 0 Å². The van der Waals surface area contributed by atoms with Crippen molar-refractivity contribution in [2.45, 2.75) is 64.2 Å². The van der Waals surface area contributed by atoms with Gasteiger partial charge in [-0.05, 0) is 19.8 Å². The van der Waals surface area contributed by atoms with E-state index in [0.29, 0.717) is 6.54 Å². The molecule has 0 aliphatic heterocycles. The van der Waals surface area contributed by atoms with E-state index in [4.69, 9.17) is 4.74 Å². The number of aryl methyl sites for hydroxylation is 1. The lowest BCUT2D eigenvalue weighted by atomic mass is 10.1. The molecule has 1 saturated carbocycles. The summed E-state index contributed by atoms with van der Waals surface area (Å²) < 4.78 is 7.65. The summed E-state index contributed by atoms with van der Waals surface area (Å²) in [4.78, 5) is 18.2. The molecule has 0 N–H and O–H groups in total. The van der Waals surface area contributed by atoms with Gasteiger partial charge in [-0.1, -0.05) is 25.7 Å². The van der Waals surface area contributed by atoms with Crippen LogP contribution in [0.5, 0.6) is 0 Å². The second kappa shape index (κ2) is 7.54. The van der Waals surface area contributed by atoms with Crippen LogP contribution in [-0.4, -0.2) is 44.8 Å². The van der Waals surface area contributed by atoms with E-state index in [0.717, 1.165) is 18.7 Å². The van der Waals surface area contributed by atoms with Crippen molar-refractivity contribution in [3.63, 3.8) is 0 Å². The zero-order valence-electron chi connectivity index (χ0n) is 13.3.